The fraction of sp³-hybridized carbons (Fsp3) is 0.588. The molecule has 0 aromatic heterocycles. The molecule has 3 unspecified atom stereocenters. The van der Waals surface area contributed by atoms with Crippen LogP contribution in [0.15, 0.2) is 24.3 Å². The minimum Gasteiger partial charge on any atom is -0.392 e. The highest BCUT2D eigenvalue weighted by atomic mass is 35.5. The third-order valence-corrected chi connectivity index (χ3v) is 5.28. The van der Waals surface area contributed by atoms with Crippen LogP contribution in [0.5, 0.6) is 0 Å². The molecule has 2 saturated heterocycles. The molecule has 1 aromatic carbocycles. The van der Waals surface area contributed by atoms with Gasteiger partial charge in [0.15, 0.2) is 0 Å². The topological polar surface area (TPSA) is 55.8 Å². The number of benzene rings is 1. The number of piperazine rings is 1. The molecule has 2 aliphatic heterocycles. The smallest absolute Gasteiger partial charge is 0.239 e. The number of rotatable bonds is 3. The zero-order valence-electron chi connectivity index (χ0n) is 14.2. The number of aliphatic hydroxyl groups excluding tert-OH is 1. The first-order chi connectivity index (χ1) is 11.1. The lowest BCUT2D eigenvalue weighted by molar-refractivity contribution is -0.135. The molecule has 0 radical (unpaired) electrons. The largest absolute Gasteiger partial charge is 0.392 e. The first kappa shape index (κ1) is 22.5. The van der Waals surface area contributed by atoms with Crippen molar-refractivity contribution in [2.45, 2.75) is 31.5 Å². The molecule has 2 aliphatic rings. The lowest BCUT2D eigenvalue weighted by Crippen LogP contribution is -2.53. The Labute approximate surface area is 166 Å². The molecule has 2 heterocycles. The summed E-state index contributed by atoms with van der Waals surface area (Å²) in [7, 11) is 0. The highest BCUT2D eigenvalue weighted by Crippen LogP contribution is 2.28. The van der Waals surface area contributed by atoms with E-state index in [2.05, 4.69) is 23.2 Å². The Morgan fingerprint density at radius 3 is 2.44 bits per heavy atom. The predicted octanol–water partition coefficient (Wildman–Crippen LogP) is 2.11. The Morgan fingerprint density at radius 2 is 1.88 bits per heavy atom. The molecular formula is C17H26Cl3N3O2. The third kappa shape index (κ3) is 5.22. The molecule has 3 rings (SSSR count). The molecular weight excluding hydrogens is 385 g/mol. The number of nitrogens with zero attached hydrogens (tertiary/aromatic N) is 2. The van der Waals surface area contributed by atoms with Crippen molar-refractivity contribution in [2.75, 3.05) is 32.7 Å². The second-order valence-corrected chi connectivity index (χ2v) is 6.82. The van der Waals surface area contributed by atoms with Crippen LogP contribution in [0.2, 0.25) is 5.02 Å². The fourth-order valence-corrected chi connectivity index (χ4v) is 3.76. The van der Waals surface area contributed by atoms with Gasteiger partial charge in [0.2, 0.25) is 5.91 Å². The Bertz CT molecular complexity index is 568. The number of aliphatic hydroxyl groups is 1. The van der Waals surface area contributed by atoms with E-state index in [-0.39, 0.29) is 42.8 Å². The highest BCUT2D eigenvalue weighted by Gasteiger charge is 2.33. The Balaban J connectivity index is 0.00000156. The second kappa shape index (κ2) is 9.95. The van der Waals surface area contributed by atoms with Gasteiger partial charge in [0, 0.05) is 43.8 Å². The van der Waals surface area contributed by atoms with Crippen LogP contribution >= 0.6 is 36.4 Å². The minimum absolute atomic E-state index is 0. The number of nitrogens with one attached hydrogen (secondary N) is 1. The quantitative estimate of drug-likeness (QED) is 0.801. The van der Waals surface area contributed by atoms with Crippen LogP contribution in [-0.2, 0) is 4.79 Å². The van der Waals surface area contributed by atoms with Gasteiger partial charge in [-0.15, -0.1) is 24.8 Å². The Hall–Kier alpha value is -0.560. The predicted molar refractivity (Wildman–Crippen MR) is 105 cm³/mol. The molecule has 0 aliphatic carbocycles. The van der Waals surface area contributed by atoms with E-state index in [1.807, 2.05) is 23.1 Å². The van der Waals surface area contributed by atoms with Crippen LogP contribution in [0.25, 0.3) is 0 Å². The molecule has 1 aromatic rings. The molecule has 142 valence electrons. The van der Waals surface area contributed by atoms with Gasteiger partial charge in [-0.3, -0.25) is 9.69 Å². The summed E-state index contributed by atoms with van der Waals surface area (Å²) in [6, 6.07) is 7.95. The maximum atomic E-state index is 12.5. The summed E-state index contributed by atoms with van der Waals surface area (Å²) in [4.78, 5) is 16.7. The van der Waals surface area contributed by atoms with E-state index in [0.717, 1.165) is 36.8 Å². The molecule has 0 spiro atoms. The van der Waals surface area contributed by atoms with Crippen molar-refractivity contribution in [2.24, 2.45) is 0 Å². The van der Waals surface area contributed by atoms with Crippen molar-refractivity contribution in [3.05, 3.63) is 34.9 Å². The van der Waals surface area contributed by atoms with Crippen LogP contribution in [0.4, 0.5) is 0 Å². The standard InChI is InChI=1S/C17H24ClN3O2.2ClH/c1-12(14-4-2-3-5-15(14)18)20-6-8-21(9-7-20)17(23)16-10-13(22)11-19-16;;/h2-5,12-13,16,19,22H,6-11H2,1H3;2*1H. The zero-order chi connectivity index (χ0) is 16.4. The van der Waals surface area contributed by atoms with E-state index < -0.39 is 6.10 Å². The van der Waals surface area contributed by atoms with Gasteiger partial charge < -0.3 is 15.3 Å². The first-order valence-electron chi connectivity index (χ1n) is 8.25. The van der Waals surface area contributed by atoms with Crippen molar-refractivity contribution in [3.63, 3.8) is 0 Å². The Morgan fingerprint density at radius 1 is 1.24 bits per heavy atom. The molecule has 8 heteroatoms. The van der Waals surface area contributed by atoms with Crippen LogP contribution < -0.4 is 5.32 Å². The zero-order valence-corrected chi connectivity index (χ0v) is 16.6. The first-order valence-corrected chi connectivity index (χ1v) is 8.63. The maximum absolute atomic E-state index is 12.5. The number of β-amino-alcohol motifs (C(OH)–C–C–N with tert-alkyl or cyclic N) is 1. The van der Waals surface area contributed by atoms with Gasteiger partial charge >= 0.3 is 0 Å². The Kier molecular flexibility index (Phi) is 8.95. The minimum atomic E-state index is -0.398. The van der Waals surface area contributed by atoms with E-state index in [1.165, 1.54) is 0 Å². The van der Waals surface area contributed by atoms with Crippen molar-refractivity contribution in [1.82, 2.24) is 15.1 Å². The van der Waals surface area contributed by atoms with Crippen molar-refractivity contribution >= 4 is 42.3 Å². The molecule has 0 saturated carbocycles. The van der Waals surface area contributed by atoms with Crippen LogP contribution in [0.1, 0.15) is 24.9 Å². The van der Waals surface area contributed by atoms with E-state index in [4.69, 9.17) is 11.6 Å². The summed E-state index contributed by atoms with van der Waals surface area (Å²) >= 11 is 6.29. The number of halogens is 3. The number of carbonyl (C=O) groups is 1. The van der Waals surface area contributed by atoms with Gasteiger partial charge in [0.05, 0.1) is 12.1 Å². The molecule has 0 bridgehead atoms. The van der Waals surface area contributed by atoms with Gasteiger partial charge in [-0.2, -0.15) is 0 Å². The molecule has 5 nitrogen and oxygen atoms in total. The molecule has 2 fully saturated rings. The summed E-state index contributed by atoms with van der Waals surface area (Å²) in [5.74, 6) is 0.117. The lowest BCUT2D eigenvalue weighted by atomic mass is 10.1. The maximum Gasteiger partial charge on any atom is 0.239 e. The summed E-state index contributed by atoms with van der Waals surface area (Å²) in [6.07, 6.45) is 0.125. The summed E-state index contributed by atoms with van der Waals surface area (Å²) in [6.45, 7) is 5.80. The van der Waals surface area contributed by atoms with Crippen LogP contribution in [0.3, 0.4) is 0 Å². The fourth-order valence-electron chi connectivity index (χ4n) is 3.47. The van der Waals surface area contributed by atoms with Gasteiger partial charge in [-0.05, 0) is 25.0 Å². The number of hydrogen-bond acceptors (Lipinski definition) is 4. The monoisotopic (exact) mass is 409 g/mol. The van der Waals surface area contributed by atoms with Gasteiger partial charge in [0.1, 0.15) is 0 Å². The normalized spacial score (nSPS) is 25.0. The van der Waals surface area contributed by atoms with E-state index in [0.29, 0.717) is 13.0 Å². The van der Waals surface area contributed by atoms with Gasteiger partial charge in [-0.25, -0.2) is 0 Å². The van der Waals surface area contributed by atoms with E-state index >= 15 is 0 Å². The van der Waals surface area contributed by atoms with Crippen molar-refractivity contribution in [3.8, 4) is 0 Å². The molecule has 1 amide bonds. The SMILES string of the molecule is CC(c1ccccc1Cl)N1CCN(C(=O)C2CC(O)CN2)CC1.Cl.Cl. The average Bonchev–Trinajstić information content (AvgIpc) is 3.01. The van der Waals surface area contributed by atoms with Crippen molar-refractivity contribution < 1.29 is 9.90 Å². The molecule has 2 N–H and O–H groups in total. The summed E-state index contributed by atoms with van der Waals surface area (Å²) < 4.78 is 0. The van der Waals surface area contributed by atoms with Crippen molar-refractivity contribution in [1.29, 1.82) is 0 Å². The van der Waals surface area contributed by atoms with Crippen LogP contribution in [0, 0.1) is 0 Å². The lowest BCUT2D eigenvalue weighted by Gasteiger charge is -2.39. The van der Waals surface area contributed by atoms with Crippen LogP contribution in [-0.4, -0.2) is 65.7 Å². The molecule has 3 atom stereocenters. The third-order valence-electron chi connectivity index (χ3n) is 4.93. The van der Waals surface area contributed by atoms with E-state index in [1.54, 1.807) is 0 Å². The number of amides is 1. The summed E-state index contributed by atoms with van der Waals surface area (Å²) in [5.41, 5.74) is 1.13. The number of carbonyl (C=O) groups excluding carboxylic acids is 1. The van der Waals surface area contributed by atoms with E-state index in [9.17, 15) is 9.90 Å². The second-order valence-electron chi connectivity index (χ2n) is 6.41. The van der Waals surface area contributed by atoms with Gasteiger partial charge in [0.25, 0.3) is 0 Å². The summed E-state index contributed by atoms with van der Waals surface area (Å²) in [5, 5.41) is 13.5. The van der Waals surface area contributed by atoms with Gasteiger partial charge in [-0.1, -0.05) is 29.8 Å². The highest BCUT2D eigenvalue weighted by molar-refractivity contribution is 6.31. The molecule has 25 heavy (non-hydrogen) atoms. The average molecular weight is 411 g/mol. The number of hydrogen-bond donors (Lipinski definition) is 2.